The van der Waals surface area contributed by atoms with E-state index >= 15 is 0 Å². The molecule has 19 heavy (non-hydrogen) atoms. The number of hydrogen-bond donors (Lipinski definition) is 3. The van der Waals surface area contributed by atoms with Gasteiger partial charge in [0.1, 0.15) is 17.5 Å². The predicted octanol–water partition coefficient (Wildman–Crippen LogP) is 3.19. The van der Waals surface area contributed by atoms with E-state index in [0.717, 1.165) is 27.1 Å². The van der Waals surface area contributed by atoms with E-state index in [-0.39, 0.29) is 0 Å². The Bertz CT molecular complexity index is 612. The number of hydrazine groups is 1. The van der Waals surface area contributed by atoms with Gasteiger partial charge in [-0.1, -0.05) is 22.0 Å². The van der Waals surface area contributed by atoms with Crippen molar-refractivity contribution < 1.29 is 0 Å². The van der Waals surface area contributed by atoms with Crippen molar-refractivity contribution in [1.29, 1.82) is 0 Å². The third kappa shape index (κ3) is 3.02. The third-order valence-corrected chi connectivity index (χ3v) is 3.34. The standard InChI is InChI=1S/C13H16BrN5/c1-7-4-5-10(14)6-11(7)18-12-8(2)13(19-15)17-9(3)16-12/h4-6H,15H2,1-3H3,(H2,16,17,18,19). The van der Waals surface area contributed by atoms with Gasteiger partial charge in [0.2, 0.25) is 0 Å². The van der Waals surface area contributed by atoms with E-state index in [2.05, 4.69) is 36.6 Å². The fourth-order valence-electron chi connectivity index (χ4n) is 1.75. The molecule has 2 rings (SSSR count). The molecule has 5 nitrogen and oxygen atoms in total. The summed E-state index contributed by atoms with van der Waals surface area (Å²) >= 11 is 3.47. The summed E-state index contributed by atoms with van der Waals surface area (Å²) in [5.41, 5.74) is 5.61. The highest BCUT2D eigenvalue weighted by atomic mass is 79.9. The van der Waals surface area contributed by atoms with Crippen molar-refractivity contribution in [3.8, 4) is 0 Å². The van der Waals surface area contributed by atoms with E-state index in [0.29, 0.717) is 11.6 Å². The first-order valence-corrected chi connectivity index (χ1v) is 6.65. The number of rotatable bonds is 3. The van der Waals surface area contributed by atoms with Crippen LogP contribution in [0.25, 0.3) is 0 Å². The van der Waals surface area contributed by atoms with Crippen LogP contribution in [0.5, 0.6) is 0 Å². The number of aryl methyl sites for hydroxylation is 2. The molecule has 0 aliphatic heterocycles. The van der Waals surface area contributed by atoms with Gasteiger partial charge in [-0.05, 0) is 38.5 Å². The number of anilines is 3. The molecule has 0 saturated heterocycles. The topological polar surface area (TPSA) is 75.9 Å². The summed E-state index contributed by atoms with van der Waals surface area (Å²) in [5, 5.41) is 3.32. The van der Waals surface area contributed by atoms with Gasteiger partial charge >= 0.3 is 0 Å². The quantitative estimate of drug-likeness (QED) is 0.598. The van der Waals surface area contributed by atoms with Crippen molar-refractivity contribution in [2.45, 2.75) is 20.8 Å². The van der Waals surface area contributed by atoms with Gasteiger partial charge in [0.05, 0.1) is 0 Å². The van der Waals surface area contributed by atoms with Crippen LogP contribution in [0.3, 0.4) is 0 Å². The van der Waals surface area contributed by atoms with Crippen LogP contribution in [0, 0.1) is 20.8 Å². The maximum atomic E-state index is 5.46. The molecule has 0 spiro atoms. The first kappa shape index (κ1) is 13.8. The monoisotopic (exact) mass is 321 g/mol. The molecular formula is C13H16BrN5. The minimum Gasteiger partial charge on any atom is -0.340 e. The molecule has 1 aromatic heterocycles. The van der Waals surface area contributed by atoms with Crippen molar-refractivity contribution in [3.05, 3.63) is 39.6 Å². The normalized spacial score (nSPS) is 10.4. The highest BCUT2D eigenvalue weighted by Gasteiger charge is 2.09. The molecule has 0 aliphatic rings. The van der Waals surface area contributed by atoms with E-state index in [1.165, 1.54) is 0 Å². The van der Waals surface area contributed by atoms with Gasteiger partial charge in [-0.15, -0.1) is 0 Å². The molecule has 0 fully saturated rings. The lowest BCUT2D eigenvalue weighted by atomic mass is 10.2. The minimum absolute atomic E-state index is 0.627. The van der Waals surface area contributed by atoms with Crippen LogP contribution in [0.2, 0.25) is 0 Å². The maximum Gasteiger partial charge on any atom is 0.148 e. The van der Waals surface area contributed by atoms with Crippen LogP contribution in [-0.4, -0.2) is 9.97 Å². The van der Waals surface area contributed by atoms with E-state index in [9.17, 15) is 0 Å². The highest BCUT2D eigenvalue weighted by molar-refractivity contribution is 9.10. The summed E-state index contributed by atoms with van der Waals surface area (Å²) < 4.78 is 1.02. The van der Waals surface area contributed by atoms with E-state index in [1.807, 2.05) is 39.0 Å². The summed E-state index contributed by atoms with van der Waals surface area (Å²) in [4.78, 5) is 8.65. The van der Waals surface area contributed by atoms with Gasteiger partial charge in [-0.25, -0.2) is 15.8 Å². The zero-order chi connectivity index (χ0) is 14.0. The number of nitrogen functional groups attached to an aromatic ring is 1. The predicted molar refractivity (Wildman–Crippen MR) is 81.5 cm³/mol. The van der Waals surface area contributed by atoms with Gasteiger partial charge in [0.15, 0.2) is 0 Å². The van der Waals surface area contributed by atoms with Crippen LogP contribution >= 0.6 is 15.9 Å². The molecule has 6 heteroatoms. The Balaban J connectivity index is 2.43. The molecular weight excluding hydrogens is 306 g/mol. The second-order valence-corrected chi connectivity index (χ2v) is 5.24. The lowest BCUT2D eigenvalue weighted by Gasteiger charge is -2.14. The summed E-state index contributed by atoms with van der Waals surface area (Å²) in [5.74, 6) is 7.50. The fraction of sp³-hybridized carbons (Fsp3) is 0.231. The minimum atomic E-state index is 0.627. The van der Waals surface area contributed by atoms with Gasteiger partial charge in [0.25, 0.3) is 0 Å². The Morgan fingerprint density at radius 1 is 1.11 bits per heavy atom. The molecule has 100 valence electrons. The number of halogens is 1. The Labute approximate surface area is 120 Å². The van der Waals surface area contributed by atoms with Gasteiger partial charge in [-0.3, -0.25) is 0 Å². The number of nitrogens with one attached hydrogen (secondary N) is 2. The highest BCUT2D eigenvalue weighted by Crippen LogP contribution is 2.27. The Hall–Kier alpha value is -1.66. The van der Waals surface area contributed by atoms with Crippen LogP contribution in [-0.2, 0) is 0 Å². The molecule has 0 radical (unpaired) electrons. The zero-order valence-electron chi connectivity index (χ0n) is 11.1. The number of nitrogens with zero attached hydrogens (tertiary/aromatic N) is 2. The smallest absolute Gasteiger partial charge is 0.148 e. The molecule has 0 atom stereocenters. The van der Waals surface area contributed by atoms with Crippen molar-refractivity contribution in [2.24, 2.45) is 5.84 Å². The average Bonchev–Trinajstić information content (AvgIpc) is 2.37. The number of aromatic nitrogens is 2. The molecule has 0 bridgehead atoms. The average molecular weight is 322 g/mol. The zero-order valence-corrected chi connectivity index (χ0v) is 12.7. The summed E-state index contributed by atoms with van der Waals surface area (Å²) in [6.45, 7) is 5.80. The lowest BCUT2D eigenvalue weighted by molar-refractivity contribution is 1.03. The molecule has 0 unspecified atom stereocenters. The Kier molecular flexibility index (Phi) is 4.01. The molecule has 1 heterocycles. The molecule has 0 saturated carbocycles. The summed E-state index contributed by atoms with van der Waals surface area (Å²) in [6, 6.07) is 6.06. The second kappa shape index (κ2) is 5.54. The summed E-state index contributed by atoms with van der Waals surface area (Å²) in [7, 11) is 0. The Morgan fingerprint density at radius 3 is 2.47 bits per heavy atom. The fourth-order valence-corrected chi connectivity index (χ4v) is 2.11. The van der Waals surface area contributed by atoms with Gasteiger partial charge < -0.3 is 10.7 Å². The molecule has 2 aromatic rings. The summed E-state index contributed by atoms with van der Waals surface area (Å²) in [6.07, 6.45) is 0. The van der Waals surface area contributed by atoms with Crippen LogP contribution in [0.4, 0.5) is 17.3 Å². The molecule has 4 N–H and O–H groups in total. The number of benzene rings is 1. The van der Waals surface area contributed by atoms with Crippen molar-refractivity contribution in [3.63, 3.8) is 0 Å². The first-order valence-electron chi connectivity index (χ1n) is 5.86. The number of hydrogen-bond acceptors (Lipinski definition) is 5. The van der Waals surface area contributed by atoms with Crippen molar-refractivity contribution in [1.82, 2.24) is 9.97 Å². The molecule has 0 aliphatic carbocycles. The van der Waals surface area contributed by atoms with Crippen molar-refractivity contribution >= 4 is 33.3 Å². The van der Waals surface area contributed by atoms with Crippen molar-refractivity contribution in [2.75, 3.05) is 10.7 Å². The van der Waals surface area contributed by atoms with E-state index in [1.54, 1.807) is 0 Å². The van der Waals surface area contributed by atoms with Crippen LogP contribution in [0.1, 0.15) is 17.0 Å². The molecule has 0 amide bonds. The van der Waals surface area contributed by atoms with Gasteiger partial charge in [0, 0.05) is 15.7 Å². The second-order valence-electron chi connectivity index (χ2n) is 4.32. The van der Waals surface area contributed by atoms with E-state index in [4.69, 9.17) is 5.84 Å². The first-order chi connectivity index (χ1) is 9.01. The third-order valence-electron chi connectivity index (χ3n) is 2.85. The SMILES string of the molecule is Cc1nc(NN)c(C)c(Nc2cc(Br)ccc2C)n1. The van der Waals surface area contributed by atoms with E-state index < -0.39 is 0 Å². The van der Waals surface area contributed by atoms with Crippen LogP contribution in [0.15, 0.2) is 22.7 Å². The number of nitrogens with two attached hydrogens (primary N) is 1. The Morgan fingerprint density at radius 2 is 1.79 bits per heavy atom. The lowest BCUT2D eigenvalue weighted by Crippen LogP contribution is -2.13. The van der Waals surface area contributed by atoms with Crippen LogP contribution < -0.4 is 16.6 Å². The largest absolute Gasteiger partial charge is 0.340 e. The molecule has 1 aromatic carbocycles. The maximum absolute atomic E-state index is 5.46. The van der Waals surface area contributed by atoms with Gasteiger partial charge in [-0.2, -0.15) is 0 Å².